The Kier molecular flexibility index (Phi) is 6.03. The van der Waals surface area contributed by atoms with E-state index >= 15 is 0 Å². The molecule has 3 heterocycles. The molecule has 4 nitrogen and oxygen atoms in total. The predicted molar refractivity (Wildman–Crippen MR) is 113 cm³/mol. The van der Waals surface area contributed by atoms with Gasteiger partial charge >= 0.3 is 0 Å². The molecule has 3 aliphatic rings. The summed E-state index contributed by atoms with van der Waals surface area (Å²) in [6.45, 7) is 2.62. The number of aliphatic imine (C=N–C) groups is 2. The number of nitrogens with one attached hydrogen (secondary N) is 1. The Labute approximate surface area is 162 Å². The van der Waals surface area contributed by atoms with E-state index in [1.807, 2.05) is 12.3 Å². The number of amidine groups is 1. The van der Waals surface area contributed by atoms with Crippen molar-refractivity contribution in [2.75, 3.05) is 19.7 Å². The van der Waals surface area contributed by atoms with Gasteiger partial charge in [-0.1, -0.05) is 43.9 Å². The summed E-state index contributed by atoms with van der Waals surface area (Å²) in [5.41, 5.74) is 3.39. The number of fused-ring (bicyclic) bond motifs is 3. The van der Waals surface area contributed by atoms with Crippen LogP contribution < -0.4 is 10.1 Å². The number of hydrogen-bond donors (Lipinski definition) is 1. The van der Waals surface area contributed by atoms with Crippen molar-refractivity contribution in [1.29, 1.82) is 0 Å². The molecular formula is C23H29N3O. The van der Waals surface area contributed by atoms with E-state index in [0.29, 0.717) is 5.92 Å². The number of dihydropyridines is 1. The average Bonchev–Trinajstić information content (AvgIpc) is 2.91. The van der Waals surface area contributed by atoms with E-state index in [9.17, 15) is 0 Å². The third-order valence-electron chi connectivity index (χ3n) is 5.44. The summed E-state index contributed by atoms with van der Waals surface area (Å²) in [6, 6.07) is 8.39. The lowest BCUT2D eigenvalue weighted by molar-refractivity contribution is 0.304. The van der Waals surface area contributed by atoms with Gasteiger partial charge in [0, 0.05) is 30.8 Å². The average molecular weight is 364 g/mol. The van der Waals surface area contributed by atoms with E-state index in [1.165, 1.54) is 32.1 Å². The Bertz CT molecular complexity index is 776. The second-order valence-electron chi connectivity index (χ2n) is 7.51. The Morgan fingerprint density at radius 1 is 1.04 bits per heavy atom. The minimum Gasteiger partial charge on any atom is -0.494 e. The summed E-state index contributed by atoms with van der Waals surface area (Å²) in [6.07, 6.45) is 14.9. The van der Waals surface area contributed by atoms with Gasteiger partial charge in [0.1, 0.15) is 11.6 Å². The zero-order valence-corrected chi connectivity index (χ0v) is 16.0. The Morgan fingerprint density at radius 3 is 2.89 bits per heavy atom. The van der Waals surface area contributed by atoms with Crippen LogP contribution in [0.3, 0.4) is 0 Å². The monoisotopic (exact) mass is 363 g/mol. The minimum absolute atomic E-state index is 0.333. The van der Waals surface area contributed by atoms with Gasteiger partial charge in [-0.05, 0) is 43.0 Å². The van der Waals surface area contributed by atoms with E-state index in [2.05, 4.69) is 40.7 Å². The minimum atomic E-state index is 0.333. The van der Waals surface area contributed by atoms with Crippen molar-refractivity contribution in [1.82, 2.24) is 5.32 Å². The normalized spacial score (nSPS) is 23.6. The molecule has 0 aromatic heterocycles. The summed E-state index contributed by atoms with van der Waals surface area (Å²) in [7, 11) is 0. The van der Waals surface area contributed by atoms with Gasteiger partial charge in [-0.2, -0.15) is 0 Å². The fourth-order valence-corrected chi connectivity index (χ4v) is 3.89. The van der Waals surface area contributed by atoms with Crippen LogP contribution in [-0.2, 0) is 0 Å². The Balaban J connectivity index is 1.69. The third-order valence-corrected chi connectivity index (χ3v) is 5.44. The second kappa shape index (κ2) is 9.03. The first-order valence-corrected chi connectivity index (χ1v) is 10.4. The van der Waals surface area contributed by atoms with Gasteiger partial charge in [0.2, 0.25) is 0 Å². The zero-order chi connectivity index (χ0) is 18.3. The lowest BCUT2D eigenvalue weighted by Gasteiger charge is -2.20. The molecule has 4 heteroatoms. The predicted octanol–water partition coefficient (Wildman–Crippen LogP) is 4.78. The summed E-state index contributed by atoms with van der Waals surface area (Å²) >= 11 is 0. The first-order valence-electron chi connectivity index (χ1n) is 10.4. The number of hydrogen-bond acceptors (Lipinski definition) is 4. The molecule has 1 N–H and O–H groups in total. The molecule has 0 radical (unpaired) electrons. The van der Waals surface area contributed by atoms with Gasteiger partial charge in [-0.15, -0.1) is 0 Å². The van der Waals surface area contributed by atoms with Gasteiger partial charge in [-0.3, -0.25) is 4.99 Å². The molecule has 142 valence electrons. The van der Waals surface area contributed by atoms with Crippen LogP contribution in [0.2, 0.25) is 0 Å². The molecule has 0 saturated carbocycles. The van der Waals surface area contributed by atoms with Crippen LogP contribution in [0.25, 0.3) is 5.57 Å². The van der Waals surface area contributed by atoms with Crippen LogP contribution >= 0.6 is 0 Å². The highest BCUT2D eigenvalue weighted by atomic mass is 16.5. The van der Waals surface area contributed by atoms with E-state index in [1.54, 1.807) is 0 Å². The van der Waals surface area contributed by atoms with Crippen molar-refractivity contribution in [3.05, 3.63) is 47.7 Å². The lowest BCUT2D eigenvalue weighted by atomic mass is 9.93. The smallest absolute Gasteiger partial charge is 0.125 e. The lowest BCUT2D eigenvalue weighted by Crippen LogP contribution is -2.26. The number of nitrogens with zero attached hydrogens (tertiary/aromatic N) is 2. The maximum absolute atomic E-state index is 6.02. The third kappa shape index (κ3) is 4.68. The number of ether oxygens (including phenoxy) is 1. The van der Waals surface area contributed by atoms with Crippen LogP contribution in [0.15, 0.2) is 52.1 Å². The van der Waals surface area contributed by atoms with Gasteiger partial charge in [0.15, 0.2) is 0 Å². The van der Waals surface area contributed by atoms with Crippen molar-refractivity contribution in [3.63, 3.8) is 0 Å². The molecule has 0 amide bonds. The van der Waals surface area contributed by atoms with Crippen molar-refractivity contribution >= 4 is 17.6 Å². The molecule has 0 spiro atoms. The van der Waals surface area contributed by atoms with E-state index in [4.69, 9.17) is 9.73 Å². The molecule has 4 rings (SSSR count). The number of benzene rings is 1. The molecule has 3 aliphatic heterocycles. The molecule has 4 bridgehead atoms. The van der Waals surface area contributed by atoms with Crippen molar-refractivity contribution in [2.45, 2.75) is 44.9 Å². The standard InChI is InChI=1S/C23H29N3O/c1-2-4-6-15-27-20-9-7-8-19(16-20)21-17-24-14-12-18-10-11-22(26-23(18)21)25-13-5-3-1/h7-11,16-18H,1-6,12-15H2,(H,25,26). The molecule has 1 unspecified atom stereocenters. The quantitative estimate of drug-likeness (QED) is 0.721. The molecule has 0 saturated heterocycles. The number of allylic oxidation sites excluding steroid dienone is 2. The fraction of sp³-hybridized carbons (Fsp3) is 0.478. The first-order chi connectivity index (χ1) is 13.4. The Morgan fingerprint density at radius 2 is 1.93 bits per heavy atom. The Hall–Kier alpha value is -2.36. The van der Waals surface area contributed by atoms with Gasteiger partial charge in [0.05, 0.1) is 12.3 Å². The fourth-order valence-electron chi connectivity index (χ4n) is 3.89. The number of rotatable bonds is 0. The van der Waals surface area contributed by atoms with Gasteiger partial charge in [-0.25, -0.2) is 4.99 Å². The van der Waals surface area contributed by atoms with Crippen molar-refractivity contribution < 1.29 is 4.74 Å². The summed E-state index contributed by atoms with van der Waals surface area (Å²) in [5, 5.41) is 3.52. The molecule has 0 aliphatic carbocycles. The maximum atomic E-state index is 6.02. The van der Waals surface area contributed by atoms with Crippen molar-refractivity contribution in [3.8, 4) is 5.75 Å². The summed E-state index contributed by atoms with van der Waals surface area (Å²) < 4.78 is 6.02. The molecule has 1 aromatic carbocycles. The zero-order valence-electron chi connectivity index (χ0n) is 16.0. The first kappa shape index (κ1) is 18.0. The highest BCUT2D eigenvalue weighted by Crippen LogP contribution is 2.32. The van der Waals surface area contributed by atoms with Crippen LogP contribution in [0.1, 0.15) is 50.5 Å². The van der Waals surface area contributed by atoms with Crippen molar-refractivity contribution in [2.24, 2.45) is 15.9 Å². The SMILES string of the molecule is C1=CC2CCN=CC3=C2N=C1NCCCCCCCCOc1cccc3c1. The molecular weight excluding hydrogens is 334 g/mol. The topological polar surface area (TPSA) is 46.0 Å². The highest BCUT2D eigenvalue weighted by molar-refractivity contribution is 6.12. The summed E-state index contributed by atoms with van der Waals surface area (Å²) in [5.74, 6) is 2.25. The van der Waals surface area contributed by atoms with E-state index in [-0.39, 0.29) is 0 Å². The molecule has 27 heavy (non-hydrogen) atoms. The van der Waals surface area contributed by atoms with Crippen LogP contribution in [-0.4, -0.2) is 31.7 Å². The van der Waals surface area contributed by atoms with Gasteiger partial charge in [0.25, 0.3) is 0 Å². The second-order valence-corrected chi connectivity index (χ2v) is 7.51. The van der Waals surface area contributed by atoms with E-state index < -0.39 is 0 Å². The summed E-state index contributed by atoms with van der Waals surface area (Å²) in [4.78, 5) is 9.61. The molecule has 0 fully saturated rings. The largest absolute Gasteiger partial charge is 0.494 e. The van der Waals surface area contributed by atoms with E-state index in [0.717, 1.165) is 61.0 Å². The van der Waals surface area contributed by atoms with Crippen LogP contribution in [0.5, 0.6) is 5.75 Å². The maximum Gasteiger partial charge on any atom is 0.125 e. The molecule has 1 aromatic rings. The van der Waals surface area contributed by atoms with Crippen LogP contribution in [0.4, 0.5) is 0 Å². The van der Waals surface area contributed by atoms with Crippen LogP contribution in [0, 0.1) is 5.92 Å². The highest BCUT2D eigenvalue weighted by Gasteiger charge is 2.22. The molecule has 1 atom stereocenters. The van der Waals surface area contributed by atoms with Gasteiger partial charge < -0.3 is 10.1 Å².